The first-order chi connectivity index (χ1) is 17.4. The molecule has 1 N–H and O–H groups in total. The lowest BCUT2D eigenvalue weighted by Crippen LogP contribution is -2.19. The summed E-state index contributed by atoms with van der Waals surface area (Å²) < 4.78 is 17.2. The molecule has 4 rings (SSSR count). The number of hydrogen-bond donors (Lipinski definition) is 1. The van der Waals surface area contributed by atoms with Crippen LogP contribution < -0.4 is 19.5 Å². The minimum absolute atomic E-state index is 0.00606. The van der Waals surface area contributed by atoms with Crippen molar-refractivity contribution in [1.29, 1.82) is 0 Å². The summed E-state index contributed by atoms with van der Waals surface area (Å²) in [5.74, 6) is 1.36. The maximum absolute atomic E-state index is 12.5. The molecule has 11 heteroatoms. The van der Waals surface area contributed by atoms with Gasteiger partial charge in [-0.15, -0.1) is 0 Å². The number of nitrogens with one attached hydrogen (secondary N) is 1. The molecular weight excluding hydrogens is 550 g/mol. The van der Waals surface area contributed by atoms with Gasteiger partial charge >= 0.3 is 0 Å². The number of thioether (sulfide) groups is 1. The second-order valence-electron chi connectivity index (χ2n) is 7.42. The average Bonchev–Trinajstić information content (AvgIpc) is 3.22. The van der Waals surface area contributed by atoms with E-state index in [0.29, 0.717) is 42.9 Å². The first-order valence-corrected chi connectivity index (χ1v) is 12.1. The number of benzene rings is 3. The Bertz CT molecular complexity index is 1370. The number of carbonyl (C=O) groups is 1. The molecule has 0 aromatic heterocycles. The zero-order valence-electron chi connectivity index (χ0n) is 19.2. The van der Waals surface area contributed by atoms with E-state index in [-0.39, 0.29) is 18.2 Å². The molecule has 1 saturated heterocycles. The van der Waals surface area contributed by atoms with E-state index in [1.807, 2.05) is 0 Å². The van der Waals surface area contributed by atoms with Gasteiger partial charge in [-0.3, -0.25) is 14.9 Å². The van der Waals surface area contributed by atoms with Crippen LogP contribution in [0.15, 0.2) is 75.0 Å². The maximum Gasteiger partial charge on any atom is 0.269 e. The van der Waals surface area contributed by atoms with Crippen LogP contribution in [0.2, 0.25) is 0 Å². The lowest BCUT2D eigenvalue weighted by atomic mass is 10.1. The monoisotopic (exact) mass is 569 g/mol. The normalized spacial score (nSPS) is 15.1. The van der Waals surface area contributed by atoms with Crippen molar-refractivity contribution < 1.29 is 23.9 Å². The van der Waals surface area contributed by atoms with Crippen LogP contribution in [-0.2, 0) is 11.4 Å². The molecule has 1 fully saturated rings. The van der Waals surface area contributed by atoms with Crippen LogP contribution in [0.25, 0.3) is 6.08 Å². The van der Waals surface area contributed by atoms with Gasteiger partial charge in [0, 0.05) is 16.6 Å². The Morgan fingerprint density at radius 1 is 1.08 bits per heavy atom. The van der Waals surface area contributed by atoms with E-state index in [2.05, 4.69) is 26.2 Å². The molecule has 0 unspecified atom stereocenters. The number of nitrogens with zero attached hydrogens (tertiary/aromatic N) is 2. The lowest BCUT2D eigenvalue weighted by molar-refractivity contribution is -0.384. The predicted octanol–water partition coefficient (Wildman–Crippen LogP) is 5.85. The third-order valence-electron chi connectivity index (χ3n) is 5.04. The highest BCUT2D eigenvalue weighted by atomic mass is 79.9. The Hall–Kier alpha value is -3.83. The number of halogens is 1. The van der Waals surface area contributed by atoms with Crippen LogP contribution in [0.5, 0.6) is 17.2 Å². The Morgan fingerprint density at radius 3 is 2.56 bits per heavy atom. The summed E-state index contributed by atoms with van der Waals surface area (Å²) in [5.41, 5.74) is 2.04. The van der Waals surface area contributed by atoms with Crippen molar-refractivity contribution in [3.05, 3.63) is 91.3 Å². The summed E-state index contributed by atoms with van der Waals surface area (Å²) in [7, 11) is 3.10. The van der Waals surface area contributed by atoms with Gasteiger partial charge in [0.2, 0.25) is 0 Å². The number of nitro benzene ring substituents is 1. The maximum atomic E-state index is 12.5. The number of aliphatic imine (C=N–C) groups is 1. The highest BCUT2D eigenvalue weighted by molar-refractivity contribution is 9.10. The molecule has 0 bridgehead atoms. The fourth-order valence-corrected chi connectivity index (χ4v) is 4.52. The SMILES string of the molecule is COc1ccc(N=C2NC(=O)C(=Cc3cc(OC)c(OCc4cccc([N+](=O)[O-])c4)cc3Br)S2)cc1. The fourth-order valence-electron chi connectivity index (χ4n) is 3.25. The molecule has 1 aliphatic heterocycles. The number of amidine groups is 1. The summed E-state index contributed by atoms with van der Waals surface area (Å²) in [6.07, 6.45) is 1.73. The molecule has 3 aromatic carbocycles. The Kier molecular flexibility index (Phi) is 7.91. The molecule has 1 aliphatic rings. The van der Waals surface area contributed by atoms with E-state index in [9.17, 15) is 14.9 Å². The smallest absolute Gasteiger partial charge is 0.269 e. The molecule has 36 heavy (non-hydrogen) atoms. The Morgan fingerprint density at radius 2 is 1.86 bits per heavy atom. The largest absolute Gasteiger partial charge is 0.497 e. The fraction of sp³-hybridized carbons (Fsp3) is 0.120. The highest BCUT2D eigenvalue weighted by Gasteiger charge is 2.24. The number of rotatable bonds is 8. The number of amides is 1. The van der Waals surface area contributed by atoms with Crippen LogP contribution in [0, 0.1) is 10.1 Å². The lowest BCUT2D eigenvalue weighted by Gasteiger charge is -2.13. The first kappa shape index (κ1) is 25.3. The second-order valence-corrected chi connectivity index (χ2v) is 9.31. The van der Waals surface area contributed by atoms with Gasteiger partial charge in [0.1, 0.15) is 12.4 Å². The zero-order chi connectivity index (χ0) is 25.7. The topological polar surface area (TPSA) is 112 Å². The van der Waals surface area contributed by atoms with Gasteiger partial charge in [0.15, 0.2) is 16.7 Å². The predicted molar refractivity (Wildman–Crippen MR) is 142 cm³/mol. The molecule has 1 heterocycles. The van der Waals surface area contributed by atoms with Crippen molar-refractivity contribution in [2.45, 2.75) is 6.61 Å². The standard InChI is InChI=1S/C25H20BrN3O6S/c1-33-19-8-6-17(7-9-19)27-25-28-24(30)23(36-25)12-16-11-21(34-2)22(13-20(16)26)35-14-15-4-3-5-18(10-15)29(31)32/h3-13H,14H2,1-2H3,(H,27,28,30). The summed E-state index contributed by atoms with van der Waals surface area (Å²) in [5, 5.41) is 14.2. The van der Waals surface area contributed by atoms with Crippen molar-refractivity contribution in [2.24, 2.45) is 4.99 Å². The minimum atomic E-state index is -0.451. The first-order valence-electron chi connectivity index (χ1n) is 10.5. The van der Waals surface area contributed by atoms with E-state index < -0.39 is 4.92 Å². The highest BCUT2D eigenvalue weighted by Crippen LogP contribution is 2.37. The van der Waals surface area contributed by atoms with E-state index in [4.69, 9.17) is 14.2 Å². The molecule has 0 spiro atoms. The second kappa shape index (κ2) is 11.3. The molecular formula is C25H20BrN3O6S. The molecule has 0 saturated carbocycles. The van der Waals surface area contributed by atoms with Crippen molar-refractivity contribution in [2.75, 3.05) is 14.2 Å². The number of nitro groups is 1. The van der Waals surface area contributed by atoms with Crippen LogP contribution in [0.1, 0.15) is 11.1 Å². The van der Waals surface area contributed by atoms with Gasteiger partial charge in [-0.2, -0.15) is 0 Å². The summed E-state index contributed by atoms with van der Waals surface area (Å²) in [4.78, 5) is 28.0. The van der Waals surface area contributed by atoms with Gasteiger partial charge in [-0.1, -0.05) is 28.1 Å². The molecule has 0 radical (unpaired) electrons. The zero-order valence-corrected chi connectivity index (χ0v) is 21.6. The number of ether oxygens (including phenoxy) is 3. The number of hydrogen-bond acceptors (Lipinski definition) is 8. The van der Waals surface area contributed by atoms with Gasteiger partial charge < -0.3 is 19.5 Å². The number of methoxy groups -OCH3 is 2. The molecule has 3 aromatic rings. The van der Waals surface area contributed by atoms with Gasteiger partial charge in [-0.25, -0.2) is 4.99 Å². The Balaban J connectivity index is 1.51. The van der Waals surface area contributed by atoms with Crippen molar-refractivity contribution in [3.8, 4) is 17.2 Å². The van der Waals surface area contributed by atoms with E-state index in [1.165, 1.54) is 31.0 Å². The Labute approximate surface area is 219 Å². The quantitative estimate of drug-likeness (QED) is 0.206. The molecule has 0 aliphatic carbocycles. The van der Waals surface area contributed by atoms with Crippen molar-refractivity contribution in [1.82, 2.24) is 5.32 Å². The minimum Gasteiger partial charge on any atom is -0.497 e. The third kappa shape index (κ3) is 6.04. The molecule has 0 atom stereocenters. The van der Waals surface area contributed by atoms with Crippen LogP contribution in [0.3, 0.4) is 0 Å². The van der Waals surface area contributed by atoms with Gasteiger partial charge in [0.25, 0.3) is 11.6 Å². The van der Waals surface area contributed by atoms with Crippen LogP contribution in [-0.4, -0.2) is 30.2 Å². The summed E-state index contributed by atoms with van der Waals surface area (Å²) >= 11 is 4.75. The average molecular weight is 570 g/mol. The van der Waals surface area contributed by atoms with Gasteiger partial charge in [-0.05, 0) is 65.4 Å². The molecule has 184 valence electrons. The van der Waals surface area contributed by atoms with Crippen LogP contribution >= 0.6 is 27.7 Å². The third-order valence-corrected chi connectivity index (χ3v) is 6.64. The summed E-state index contributed by atoms with van der Waals surface area (Å²) in [6.45, 7) is 0.119. The number of carbonyl (C=O) groups excluding carboxylic acids is 1. The summed E-state index contributed by atoms with van der Waals surface area (Å²) in [6, 6.07) is 16.9. The van der Waals surface area contributed by atoms with E-state index in [1.54, 1.807) is 61.7 Å². The van der Waals surface area contributed by atoms with E-state index >= 15 is 0 Å². The van der Waals surface area contributed by atoms with Crippen molar-refractivity contribution >= 4 is 56.2 Å². The molecule has 9 nitrogen and oxygen atoms in total. The molecule has 1 amide bonds. The van der Waals surface area contributed by atoms with E-state index in [0.717, 1.165) is 5.75 Å². The van der Waals surface area contributed by atoms with Crippen molar-refractivity contribution in [3.63, 3.8) is 0 Å². The number of non-ortho nitro benzene ring substituents is 1. The van der Waals surface area contributed by atoms with Crippen LogP contribution in [0.4, 0.5) is 11.4 Å². The van der Waals surface area contributed by atoms with Gasteiger partial charge in [0.05, 0.1) is 29.7 Å².